The van der Waals surface area contributed by atoms with Gasteiger partial charge >= 0.3 is 0 Å². The van der Waals surface area contributed by atoms with Gasteiger partial charge in [-0.25, -0.2) is 0 Å². The van der Waals surface area contributed by atoms with Gasteiger partial charge in [-0.3, -0.25) is 0 Å². The number of benzene rings is 9. The highest BCUT2D eigenvalue weighted by atomic mass is 32.1. The van der Waals surface area contributed by atoms with Crippen molar-refractivity contribution in [1.29, 1.82) is 0 Å². The highest BCUT2D eigenvalue weighted by Gasteiger charge is 2.20. The topological polar surface area (TPSA) is 8.17 Å². The van der Waals surface area contributed by atoms with Crippen molar-refractivity contribution in [2.24, 2.45) is 0 Å². The highest BCUT2D eigenvalue weighted by molar-refractivity contribution is 7.25. The van der Waals surface area contributed by atoms with Gasteiger partial charge in [0, 0.05) is 53.7 Å². The van der Waals surface area contributed by atoms with Crippen molar-refractivity contribution in [3.05, 3.63) is 194 Å². The average Bonchev–Trinajstić information content (AvgIpc) is 3.77. The van der Waals surface area contributed by atoms with E-state index >= 15 is 0 Å². The predicted octanol–water partition coefficient (Wildman–Crippen LogP) is 14.6. The molecule has 0 saturated carbocycles. The first-order valence-corrected chi connectivity index (χ1v) is 18.9. The zero-order chi connectivity index (χ0) is 34.9. The second kappa shape index (κ2) is 11.9. The lowest BCUT2D eigenvalue weighted by Gasteiger charge is -2.26. The number of aromatic nitrogens is 1. The van der Waals surface area contributed by atoms with E-state index in [4.69, 9.17) is 0 Å². The molecule has 53 heavy (non-hydrogen) atoms. The number of hydrogen-bond acceptors (Lipinski definition) is 2. The third-order valence-corrected chi connectivity index (χ3v) is 11.9. The first-order valence-electron chi connectivity index (χ1n) is 18.1. The van der Waals surface area contributed by atoms with E-state index < -0.39 is 0 Å². The Kier molecular flexibility index (Phi) is 6.76. The summed E-state index contributed by atoms with van der Waals surface area (Å²) in [6.45, 7) is 0. The Labute approximate surface area is 311 Å². The molecule has 0 saturated heterocycles. The first kappa shape index (κ1) is 30.0. The van der Waals surface area contributed by atoms with Gasteiger partial charge in [-0.05, 0) is 93.3 Å². The van der Waals surface area contributed by atoms with Crippen LogP contribution in [0.15, 0.2) is 194 Å². The lowest BCUT2D eigenvalue weighted by Crippen LogP contribution is -2.10. The normalized spacial score (nSPS) is 11.8. The Morgan fingerprint density at radius 2 is 1.04 bits per heavy atom. The Morgan fingerprint density at radius 1 is 0.377 bits per heavy atom. The number of nitrogens with zero attached hydrogens (tertiary/aromatic N) is 2. The van der Waals surface area contributed by atoms with Crippen LogP contribution < -0.4 is 4.90 Å². The van der Waals surface area contributed by atoms with E-state index in [0.717, 1.165) is 22.7 Å². The van der Waals surface area contributed by atoms with Gasteiger partial charge in [0.15, 0.2) is 0 Å². The van der Waals surface area contributed by atoms with Crippen molar-refractivity contribution < 1.29 is 0 Å². The summed E-state index contributed by atoms with van der Waals surface area (Å²) in [6.07, 6.45) is 0. The largest absolute Gasteiger partial charge is 0.310 e. The van der Waals surface area contributed by atoms with Crippen molar-refractivity contribution in [1.82, 2.24) is 4.57 Å². The van der Waals surface area contributed by atoms with E-state index in [-0.39, 0.29) is 0 Å². The Morgan fingerprint density at radius 3 is 1.94 bits per heavy atom. The zero-order valence-corrected chi connectivity index (χ0v) is 29.6. The van der Waals surface area contributed by atoms with Crippen LogP contribution in [0.5, 0.6) is 0 Å². The molecule has 11 rings (SSSR count). The predicted molar refractivity (Wildman–Crippen MR) is 229 cm³/mol. The lowest BCUT2D eigenvalue weighted by molar-refractivity contribution is 1.17. The third kappa shape index (κ3) is 4.78. The van der Waals surface area contributed by atoms with Crippen molar-refractivity contribution in [2.75, 3.05) is 4.90 Å². The van der Waals surface area contributed by atoms with Gasteiger partial charge < -0.3 is 9.47 Å². The summed E-state index contributed by atoms with van der Waals surface area (Å²) in [5, 5.41) is 10.1. The quantitative estimate of drug-likeness (QED) is 0.174. The van der Waals surface area contributed by atoms with Crippen molar-refractivity contribution in [3.8, 4) is 16.8 Å². The summed E-state index contributed by atoms with van der Waals surface area (Å²) in [6, 6.07) is 71.0. The summed E-state index contributed by atoms with van der Waals surface area (Å²) in [5.74, 6) is 0. The molecule has 0 N–H and O–H groups in total. The minimum atomic E-state index is 1.10. The fourth-order valence-electron chi connectivity index (χ4n) is 8.35. The van der Waals surface area contributed by atoms with E-state index in [1.54, 1.807) is 0 Å². The Bertz CT molecular complexity index is 3190. The molecule has 11 aromatic rings. The molecular formula is C50H32N2S. The van der Waals surface area contributed by atoms with Gasteiger partial charge in [0.25, 0.3) is 0 Å². The third-order valence-electron chi connectivity index (χ3n) is 10.7. The molecule has 0 fully saturated rings. The molecule has 2 heterocycles. The smallest absolute Gasteiger partial charge is 0.0547 e. The minimum Gasteiger partial charge on any atom is -0.310 e. The van der Waals surface area contributed by atoms with E-state index in [9.17, 15) is 0 Å². The molecule has 9 aromatic carbocycles. The van der Waals surface area contributed by atoms with Gasteiger partial charge in [0.05, 0.1) is 11.0 Å². The second-order valence-corrected chi connectivity index (χ2v) is 14.8. The molecular weight excluding hydrogens is 661 g/mol. The van der Waals surface area contributed by atoms with Crippen LogP contribution >= 0.6 is 11.3 Å². The summed E-state index contributed by atoms with van der Waals surface area (Å²) in [4.78, 5) is 2.42. The molecule has 0 bridgehead atoms. The van der Waals surface area contributed by atoms with Crippen LogP contribution in [-0.2, 0) is 0 Å². The van der Waals surface area contributed by atoms with Crippen molar-refractivity contribution in [2.45, 2.75) is 0 Å². The van der Waals surface area contributed by atoms with Gasteiger partial charge in [0.1, 0.15) is 0 Å². The van der Waals surface area contributed by atoms with E-state index in [0.29, 0.717) is 0 Å². The minimum absolute atomic E-state index is 1.10. The fourth-order valence-corrected chi connectivity index (χ4v) is 9.49. The summed E-state index contributed by atoms with van der Waals surface area (Å²) in [5.41, 5.74) is 9.34. The molecule has 248 valence electrons. The van der Waals surface area contributed by atoms with Crippen molar-refractivity contribution >= 4 is 91.9 Å². The van der Waals surface area contributed by atoms with Crippen LogP contribution in [0, 0.1) is 0 Å². The summed E-state index contributed by atoms with van der Waals surface area (Å²) >= 11 is 1.86. The van der Waals surface area contributed by atoms with E-state index in [2.05, 4.69) is 204 Å². The van der Waals surface area contributed by atoms with Gasteiger partial charge in [-0.15, -0.1) is 11.3 Å². The maximum absolute atomic E-state index is 2.46. The molecule has 0 aliphatic heterocycles. The SMILES string of the molecule is c1ccc(-c2cccc3c2c2c4ccccc4ccc2n3-c2cccc(N(c3ccc4ccccc4c3)c3ccc4c(c3)sc3ccccc34)c2)cc1. The molecule has 0 atom stereocenters. The second-order valence-electron chi connectivity index (χ2n) is 13.7. The molecule has 0 amide bonds. The first-order chi connectivity index (χ1) is 26.3. The van der Waals surface area contributed by atoms with Crippen LogP contribution in [0.1, 0.15) is 0 Å². The van der Waals surface area contributed by atoms with Crippen LogP contribution in [0.3, 0.4) is 0 Å². The molecule has 0 radical (unpaired) electrons. The zero-order valence-electron chi connectivity index (χ0n) is 28.8. The van der Waals surface area contributed by atoms with Gasteiger partial charge in [-0.1, -0.05) is 133 Å². The van der Waals surface area contributed by atoms with Crippen LogP contribution in [0.2, 0.25) is 0 Å². The molecule has 0 aliphatic rings. The van der Waals surface area contributed by atoms with E-state index in [1.165, 1.54) is 74.6 Å². The average molecular weight is 693 g/mol. The van der Waals surface area contributed by atoms with Gasteiger partial charge in [0.2, 0.25) is 0 Å². The molecule has 3 heteroatoms. The molecule has 0 aliphatic carbocycles. The summed E-state index contributed by atoms with van der Waals surface area (Å²) < 4.78 is 5.06. The number of rotatable bonds is 5. The van der Waals surface area contributed by atoms with Crippen LogP contribution in [0.4, 0.5) is 17.1 Å². The maximum atomic E-state index is 2.46. The van der Waals surface area contributed by atoms with Crippen LogP contribution in [0.25, 0.3) is 80.3 Å². The van der Waals surface area contributed by atoms with Gasteiger partial charge in [-0.2, -0.15) is 0 Å². The molecule has 2 aromatic heterocycles. The molecule has 2 nitrogen and oxygen atoms in total. The molecule has 0 unspecified atom stereocenters. The number of anilines is 3. The Balaban J connectivity index is 1.17. The number of thiophene rings is 1. The Hall–Kier alpha value is -6.68. The number of fused-ring (bicyclic) bond motifs is 9. The lowest BCUT2D eigenvalue weighted by atomic mass is 9.97. The maximum Gasteiger partial charge on any atom is 0.0547 e. The summed E-state index contributed by atoms with van der Waals surface area (Å²) in [7, 11) is 0. The monoisotopic (exact) mass is 692 g/mol. The van der Waals surface area contributed by atoms with E-state index in [1.807, 2.05) is 11.3 Å². The number of hydrogen-bond donors (Lipinski definition) is 0. The fraction of sp³-hybridized carbons (Fsp3) is 0. The standard InChI is InChI=1S/C50H32N2S/c1-2-13-34(14-3-1)42-21-11-22-45-49(42)50-41-19-7-6-15-35(41)25-29-46(50)52(45)38-18-10-17-37(31-38)51(39-26-24-33-12-4-5-16-36(33)30-39)40-27-28-44-43-20-8-9-23-47(43)53-48(44)32-40/h1-32H. The highest BCUT2D eigenvalue weighted by Crippen LogP contribution is 2.44. The van der Waals surface area contributed by atoms with Crippen LogP contribution in [-0.4, -0.2) is 4.57 Å². The van der Waals surface area contributed by atoms with Crippen molar-refractivity contribution in [3.63, 3.8) is 0 Å². The molecule has 0 spiro atoms.